The molecule has 24 heavy (non-hydrogen) atoms. The number of rotatable bonds is 8. The maximum absolute atomic E-state index is 12.2. The lowest BCUT2D eigenvalue weighted by molar-refractivity contribution is -0.122. The first-order chi connectivity index (χ1) is 11.5. The molecule has 1 aromatic heterocycles. The average molecular weight is 353 g/mol. The van der Waals surface area contributed by atoms with Crippen molar-refractivity contribution in [2.45, 2.75) is 64.6 Å². The van der Waals surface area contributed by atoms with Gasteiger partial charge in [-0.1, -0.05) is 6.92 Å². The average Bonchev–Trinajstić information content (AvgIpc) is 3.12. The van der Waals surface area contributed by atoms with E-state index >= 15 is 0 Å². The fourth-order valence-electron chi connectivity index (χ4n) is 3.08. The minimum absolute atomic E-state index is 0.00435. The second-order valence-electron chi connectivity index (χ2n) is 6.45. The molecular weight excluding hydrogens is 324 g/mol. The van der Waals surface area contributed by atoms with E-state index in [2.05, 4.69) is 27.4 Å². The summed E-state index contributed by atoms with van der Waals surface area (Å²) in [7, 11) is 2.04. The number of aryl methyl sites for hydroxylation is 1. The highest BCUT2D eigenvalue weighted by atomic mass is 32.1. The number of thiazole rings is 1. The van der Waals surface area contributed by atoms with Gasteiger partial charge in [-0.25, -0.2) is 4.98 Å². The van der Waals surface area contributed by atoms with Crippen LogP contribution in [0.2, 0.25) is 0 Å². The Kier molecular flexibility index (Phi) is 7.17. The van der Waals surface area contributed by atoms with Gasteiger partial charge in [-0.3, -0.25) is 14.5 Å². The summed E-state index contributed by atoms with van der Waals surface area (Å²) in [5.41, 5.74) is 0.945. The first-order valence-corrected chi connectivity index (χ1v) is 9.54. The van der Waals surface area contributed by atoms with Crippen molar-refractivity contribution in [1.29, 1.82) is 0 Å². The van der Waals surface area contributed by atoms with Crippen LogP contribution in [0.5, 0.6) is 0 Å². The number of amides is 2. The fourth-order valence-corrected chi connectivity index (χ4v) is 3.98. The van der Waals surface area contributed by atoms with Crippen LogP contribution in [0.3, 0.4) is 0 Å². The Labute approximate surface area is 148 Å². The molecule has 1 fully saturated rings. The van der Waals surface area contributed by atoms with E-state index in [9.17, 15) is 9.59 Å². The standard InChI is InChI=1S/C17H28N4O2S/c1-4-5-17-20-13(11-24-17)9-19-16(23)8-14-6-7-15(21(14)3)10-18-12(2)22/h11,14-15H,4-10H2,1-3H3,(H,18,22)(H,19,23)/t14-,15+/m0/s1. The quantitative estimate of drug-likeness (QED) is 0.747. The number of nitrogens with zero attached hydrogens (tertiary/aromatic N) is 2. The van der Waals surface area contributed by atoms with Gasteiger partial charge >= 0.3 is 0 Å². The summed E-state index contributed by atoms with van der Waals surface area (Å²) in [6, 6.07) is 0.566. The summed E-state index contributed by atoms with van der Waals surface area (Å²) in [6.45, 7) is 4.83. The third kappa shape index (κ3) is 5.56. The molecule has 1 aliphatic heterocycles. The summed E-state index contributed by atoms with van der Waals surface area (Å²) < 4.78 is 0. The molecule has 0 unspecified atom stereocenters. The van der Waals surface area contributed by atoms with E-state index < -0.39 is 0 Å². The minimum atomic E-state index is -0.00435. The number of hydrogen-bond donors (Lipinski definition) is 2. The first-order valence-electron chi connectivity index (χ1n) is 8.66. The van der Waals surface area contributed by atoms with Gasteiger partial charge in [-0.05, 0) is 32.7 Å². The first kappa shape index (κ1) is 18.9. The molecule has 134 valence electrons. The Morgan fingerprint density at radius 3 is 2.79 bits per heavy atom. The summed E-state index contributed by atoms with van der Waals surface area (Å²) in [6.07, 6.45) is 4.60. The molecule has 2 rings (SSSR count). The van der Waals surface area contributed by atoms with Crippen LogP contribution in [0.15, 0.2) is 5.38 Å². The summed E-state index contributed by atoms with van der Waals surface area (Å²) in [5, 5.41) is 9.00. The van der Waals surface area contributed by atoms with Gasteiger partial charge in [0.2, 0.25) is 11.8 Å². The smallest absolute Gasteiger partial charge is 0.221 e. The lowest BCUT2D eigenvalue weighted by atomic mass is 10.1. The second kappa shape index (κ2) is 9.13. The zero-order chi connectivity index (χ0) is 17.5. The van der Waals surface area contributed by atoms with Crippen molar-refractivity contribution in [1.82, 2.24) is 20.5 Å². The van der Waals surface area contributed by atoms with Crippen molar-refractivity contribution in [3.05, 3.63) is 16.1 Å². The van der Waals surface area contributed by atoms with Gasteiger partial charge in [0, 0.05) is 37.4 Å². The molecule has 2 heterocycles. The molecule has 2 N–H and O–H groups in total. The highest BCUT2D eigenvalue weighted by Gasteiger charge is 2.31. The van der Waals surface area contributed by atoms with Crippen LogP contribution in [-0.2, 0) is 22.6 Å². The van der Waals surface area contributed by atoms with Crippen molar-refractivity contribution in [2.24, 2.45) is 0 Å². The normalized spacial score (nSPS) is 21.0. The maximum atomic E-state index is 12.2. The molecule has 0 radical (unpaired) electrons. The Morgan fingerprint density at radius 2 is 2.08 bits per heavy atom. The SMILES string of the molecule is CCCc1nc(CNC(=O)C[C@@H]2CC[C@H](CNC(C)=O)N2C)cs1. The molecule has 7 heteroatoms. The molecular formula is C17H28N4O2S. The zero-order valence-corrected chi connectivity index (χ0v) is 15.6. The van der Waals surface area contributed by atoms with Crippen molar-refractivity contribution < 1.29 is 9.59 Å². The highest BCUT2D eigenvalue weighted by molar-refractivity contribution is 7.09. The molecule has 0 spiro atoms. The molecule has 0 bridgehead atoms. The van der Waals surface area contributed by atoms with Gasteiger partial charge in [0.25, 0.3) is 0 Å². The number of carbonyl (C=O) groups is 2. The van der Waals surface area contributed by atoms with E-state index in [0.29, 0.717) is 25.6 Å². The Hall–Kier alpha value is -1.47. The minimum Gasteiger partial charge on any atom is -0.355 e. The topological polar surface area (TPSA) is 74.3 Å². The fraction of sp³-hybridized carbons (Fsp3) is 0.706. The van der Waals surface area contributed by atoms with Crippen molar-refractivity contribution in [3.63, 3.8) is 0 Å². The van der Waals surface area contributed by atoms with Gasteiger partial charge in [0.15, 0.2) is 0 Å². The Morgan fingerprint density at radius 1 is 1.33 bits per heavy atom. The van der Waals surface area contributed by atoms with Crippen LogP contribution >= 0.6 is 11.3 Å². The van der Waals surface area contributed by atoms with E-state index in [0.717, 1.165) is 36.4 Å². The van der Waals surface area contributed by atoms with Gasteiger partial charge in [-0.2, -0.15) is 0 Å². The van der Waals surface area contributed by atoms with Crippen molar-refractivity contribution in [2.75, 3.05) is 13.6 Å². The van der Waals surface area contributed by atoms with Crippen LogP contribution < -0.4 is 10.6 Å². The van der Waals surface area contributed by atoms with Gasteiger partial charge in [-0.15, -0.1) is 11.3 Å². The number of nitrogens with one attached hydrogen (secondary N) is 2. The van der Waals surface area contributed by atoms with E-state index in [4.69, 9.17) is 0 Å². The van der Waals surface area contributed by atoms with Crippen LogP contribution in [0.25, 0.3) is 0 Å². The molecule has 0 aromatic carbocycles. The van der Waals surface area contributed by atoms with Gasteiger partial charge < -0.3 is 10.6 Å². The van der Waals surface area contributed by atoms with Gasteiger partial charge in [0.1, 0.15) is 0 Å². The molecule has 1 aliphatic rings. The molecule has 2 amide bonds. The lowest BCUT2D eigenvalue weighted by Gasteiger charge is -2.25. The maximum Gasteiger partial charge on any atom is 0.221 e. The van der Waals surface area contributed by atoms with Crippen LogP contribution in [0.4, 0.5) is 0 Å². The molecule has 6 nitrogen and oxygen atoms in total. The van der Waals surface area contributed by atoms with E-state index in [-0.39, 0.29) is 17.9 Å². The molecule has 2 atom stereocenters. The number of likely N-dealkylation sites (tertiary alicyclic amines) is 1. The molecule has 1 aromatic rings. The van der Waals surface area contributed by atoms with Crippen LogP contribution in [0, 0.1) is 0 Å². The molecule has 0 saturated carbocycles. The second-order valence-corrected chi connectivity index (χ2v) is 7.39. The summed E-state index contributed by atoms with van der Waals surface area (Å²) >= 11 is 1.66. The number of carbonyl (C=O) groups excluding carboxylic acids is 2. The summed E-state index contributed by atoms with van der Waals surface area (Å²) in [4.78, 5) is 30.0. The monoisotopic (exact) mass is 352 g/mol. The van der Waals surface area contributed by atoms with Crippen molar-refractivity contribution >= 4 is 23.2 Å². The van der Waals surface area contributed by atoms with E-state index in [1.165, 1.54) is 6.92 Å². The number of likely N-dealkylation sites (N-methyl/N-ethyl adjacent to an activating group) is 1. The van der Waals surface area contributed by atoms with E-state index in [1.807, 2.05) is 12.4 Å². The van der Waals surface area contributed by atoms with Crippen LogP contribution in [-0.4, -0.2) is 47.4 Å². The molecule has 0 aliphatic carbocycles. The highest BCUT2D eigenvalue weighted by Crippen LogP contribution is 2.24. The lowest BCUT2D eigenvalue weighted by Crippen LogP contribution is -2.41. The summed E-state index contributed by atoms with van der Waals surface area (Å²) in [5.74, 6) is 0.0624. The largest absolute Gasteiger partial charge is 0.355 e. The third-order valence-corrected chi connectivity index (χ3v) is 5.48. The van der Waals surface area contributed by atoms with Crippen molar-refractivity contribution in [3.8, 4) is 0 Å². The number of aromatic nitrogens is 1. The van der Waals surface area contributed by atoms with E-state index in [1.54, 1.807) is 11.3 Å². The molecule has 1 saturated heterocycles. The number of hydrogen-bond acceptors (Lipinski definition) is 5. The van der Waals surface area contributed by atoms with Gasteiger partial charge in [0.05, 0.1) is 17.2 Å². The predicted molar refractivity (Wildman–Crippen MR) is 95.8 cm³/mol. The Balaban J connectivity index is 1.72. The Bertz CT molecular complexity index is 561. The third-order valence-electron chi connectivity index (χ3n) is 4.52. The zero-order valence-electron chi connectivity index (χ0n) is 14.8. The van der Waals surface area contributed by atoms with Crippen LogP contribution in [0.1, 0.15) is 50.2 Å². The predicted octanol–water partition coefficient (Wildman–Crippen LogP) is 1.70.